The largest absolute Gasteiger partial charge is 0.418 e. The molecule has 9 nitrogen and oxygen atoms in total. The number of thiophene rings is 1. The van der Waals surface area contributed by atoms with E-state index in [1.54, 1.807) is 24.3 Å². The number of hydrogen-bond acceptors (Lipinski definition) is 9. The minimum Gasteiger partial charge on any atom is -0.366 e. The van der Waals surface area contributed by atoms with Crippen LogP contribution in [0.5, 0.6) is 0 Å². The maximum Gasteiger partial charge on any atom is 0.418 e. The van der Waals surface area contributed by atoms with Crippen LogP contribution in [0.1, 0.15) is 12.5 Å². The summed E-state index contributed by atoms with van der Waals surface area (Å²) in [6.07, 6.45) is -1.89. The Morgan fingerprint density at radius 3 is 2.59 bits per heavy atom. The molecule has 5 rings (SSSR count). The van der Waals surface area contributed by atoms with Gasteiger partial charge in [-0.3, -0.25) is 4.90 Å². The molecule has 1 atom stereocenters. The van der Waals surface area contributed by atoms with E-state index in [4.69, 9.17) is 4.52 Å². The smallest absolute Gasteiger partial charge is 0.366 e. The molecule has 37 heavy (non-hydrogen) atoms. The fourth-order valence-corrected chi connectivity index (χ4v) is 7.15. The number of rotatable bonds is 7. The molecule has 1 saturated heterocycles. The highest BCUT2D eigenvalue weighted by Crippen LogP contribution is 2.35. The van der Waals surface area contributed by atoms with Crippen LogP contribution in [0.2, 0.25) is 0 Å². The van der Waals surface area contributed by atoms with E-state index in [0.717, 1.165) is 23.7 Å². The molecule has 0 radical (unpaired) electrons. The van der Waals surface area contributed by atoms with Gasteiger partial charge in [0, 0.05) is 50.2 Å². The molecule has 3 aromatic heterocycles. The molecule has 0 unspecified atom stereocenters. The number of benzene rings is 1. The first-order chi connectivity index (χ1) is 17.6. The number of piperazine rings is 1. The second-order valence-electron chi connectivity index (χ2n) is 8.67. The van der Waals surface area contributed by atoms with Gasteiger partial charge < -0.3 is 9.84 Å². The molecule has 14 heteroatoms. The van der Waals surface area contributed by atoms with Gasteiger partial charge in [-0.15, -0.1) is 11.3 Å². The van der Waals surface area contributed by atoms with Gasteiger partial charge in [0.1, 0.15) is 16.4 Å². The molecule has 1 aromatic carbocycles. The van der Waals surface area contributed by atoms with E-state index >= 15 is 0 Å². The lowest BCUT2D eigenvalue weighted by atomic mass is 10.1. The minimum atomic E-state index is -4.52. The van der Waals surface area contributed by atoms with E-state index in [-0.39, 0.29) is 15.8 Å². The van der Waals surface area contributed by atoms with Gasteiger partial charge in [0.05, 0.1) is 22.2 Å². The first-order valence-electron chi connectivity index (χ1n) is 11.4. The van der Waals surface area contributed by atoms with Gasteiger partial charge in [-0.1, -0.05) is 11.2 Å². The van der Waals surface area contributed by atoms with Gasteiger partial charge in [-0.25, -0.2) is 18.4 Å². The van der Waals surface area contributed by atoms with E-state index in [0.29, 0.717) is 54.6 Å². The van der Waals surface area contributed by atoms with Crippen molar-refractivity contribution >= 4 is 38.1 Å². The molecule has 0 bridgehead atoms. The Morgan fingerprint density at radius 1 is 1.11 bits per heavy atom. The summed E-state index contributed by atoms with van der Waals surface area (Å²) in [4.78, 5) is 10.8. The number of anilines is 1. The van der Waals surface area contributed by atoms with Gasteiger partial charge in [0.25, 0.3) is 10.0 Å². The summed E-state index contributed by atoms with van der Waals surface area (Å²) < 4.78 is 73.2. The molecule has 0 saturated carbocycles. The van der Waals surface area contributed by atoms with Crippen molar-refractivity contribution in [2.45, 2.75) is 23.4 Å². The van der Waals surface area contributed by atoms with Gasteiger partial charge in [0.2, 0.25) is 0 Å². The topological polar surface area (TPSA) is 104 Å². The van der Waals surface area contributed by atoms with Crippen LogP contribution in [0.3, 0.4) is 0 Å². The van der Waals surface area contributed by atoms with Crippen molar-refractivity contribution in [1.82, 2.24) is 24.3 Å². The molecule has 0 amide bonds. The zero-order valence-corrected chi connectivity index (χ0v) is 21.3. The van der Waals surface area contributed by atoms with Crippen LogP contribution in [0.15, 0.2) is 57.7 Å². The monoisotopic (exact) mass is 552 g/mol. The lowest BCUT2D eigenvalue weighted by Crippen LogP contribution is -2.50. The number of para-hydroxylation sites is 1. The lowest BCUT2D eigenvalue weighted by molar-refractivity contribution is -0.136. The van der Waals surface area contributed by atoms with E-state index < -0.39 is 21.8 Å². The third-order valence-corrected chi connectivity index (χ3v) is 9.54. The quantitative estimate of drug-likeness (QED) is 0.364. The van der Waals surface area contributed by atoms with E-state index in [9.17, 15) is 21.6 Å². The molecule has 1 fully saturated rings. The number of aromatic nitrogens is 3. The highest BCUT2D eigenvalue weighted by Gasteiger charge is 2.34. The summed E-state index contributed by atoms with van der Waals surface area (Å²) in [5.74, 6) is 0.842. The average Bonchev–Trinajstić information content (AvgIpc) is 3.56. The average molecular weight is 553 g/mol. The van der Waals surface area contributed by atoms with E-state index in [1.165, 1.54) is 16.6 Å². The van der Waals surface area contributed by atoms with Crippen LogP contribution in [0.4, 0.5) is 19.0 Å². The summed E-state index contributed by atoms with van der Waals surface area (Å²) >= 11 is 1.14. The zero-order chi connectivity index (χ0) is 26.2. The third kappa shape index (κ3) is 5.32. The molecule has 196 valence electrons. The summed E-state index contributed by atoms with van der Waals surface area (Å²) in [6, 6.07) is 8.70. The number of nitrogens with one attached hydrogen (secondary N) is 1. The second-order valence-corrected chi connectivity index (χ2v) is 11.9. The maximum atomic E-state index is 13.4. The molecule has 4 aromatic rings. The summed E-state index contributed by atoms with van der Waals surface area (Å²) in [7, 11) is -3.63. The van der Waals surface area contributed by atoms with Gasteiger partial charge in [-0.05, 0) is 31.2 Å². The molecule has 4 heterocycles. The summed E-state index contributed by atoms with van der Waals surface area (Å²) in [5.41, 5.74) is -0.960. The van der Waals surface area contributed by atoms with Crippen LogP contribution in [0, 0.1) is 0 Å². The molecule has 0 aliphatic carbocycles. The highest BCUT2D eigenvalue weighted by molar-refractivity contribution is 7.91. The van der Waals surface area contributed by atoms with Crippen molar-refractivity contribution in [1.29, 1.82) is 0 Å². The Balaban J connectivity index is 1.21. The van der Waals surface area contributed by atoms with Crippen molar-refractivity contribution < 1.29 is 26.1 Å². The standard InChI is InChI=1S/C23H23F3N6O3S2/c1-15(30-22-16-3-2-4-17(23(24,25)26)21(16)27-14-28-22)13-31-9-11-32(12-10-31)37(33,34)20-6-5-19(36-20)18-7-8-29-35-18/h2-8,14-15H,9-13H2,1H3,(H,27,28,30)/t15-/m0/s1. The number of alkyl halides is 3. The minimum absolute atomic E-state index is 0.154. The van der Waals surface area contributed by atoms with Crippen molar-refractivity contribution in [2.24, 2.45) is 0 Å². The molecule has 1 N–H and O–H groups in total. The summed E-state index contributed by atoms with van der Waals surface area (Å²) in [6.45, 7) is 4.17. The zero-order valence-electron chi connectivity index (χ0n) is 19.6. The first-order valence-corrected chi connectivity index (χ1v) is 13.7. The van der Waals surface area contributed by atoms with Crippen LogP contribution in [0.25, 0.3) is 21.5 Å². The Kier molecular flexibility index (Phi) is 6.91. The first kappa shape index (κ1) is 25.6. The second kappa shape index (κ2) is 10.0. The van der Waals surface area contributed by atoms with E-state index in [1.807, 2.05) is 6.92 Å². The summed E-state index contributed by atoms with van der Waals surface area (Å²) in [5, 5.41) is 7.14. The Hall–Kier alpha value is -3.07. The number of sulfonamides is 1. The fourth-order valence-electron chi connectivity index (χ4n) is 4.31. The molecule has 0 spiro atoms. The maximum absolute atomic E-state index is 13.4. The van der Waals surface area contributed by atoms with Gasteiger partial charge in [0.15, 0.2) is 5.76 Å². The molecular formula is C23H23F3N6O3S2. The Bertz CT molecular complexity index is 1480. The fraction of sp³-hybridized carbons (Fsp3) is 0.348. The van der Waals surface area contributed by atoms with Crippen LogP contribution in [-0.2, 0) is 16.2 Å². The normalized spacial score (nSPS) is 16.8. The molecule has 1 aliphatic rings. The lowest BCUT2D eigenvalue weighted by Gasteiger charge is -2.35. The van der Waals surface area contributed by atoms with Crippen LogP contribution >= 0.6 is 11.3 Å². The van der Waals surface area contributed by atoms with Gasteiger partial charge in [-0.2, -0.15) is 17.5 Å². The third-order valence-electron chi connectivity index (χ3n) is 6.07. The van der Waals surface area contributed by atoms with Crippen molar-refractivity contribution in [3.63, 3.8) is 0 Å². The molecule has 1 aliphatic heterocycles. The van der Waals surface area contributed by atoms with Gasteiger partial charge >= 0.3 is 6.18 Å². The number of hydrogen-bond donors (Lipinski definition) is 1. The number of nitrogens with zero attached hydrogens (tertiary/aromatic N) is 5. The number of halogens is 3. The van der Waals surface area contributed by atoms with Crippen LogP contribution < -0.4 is 5.32 Å². The van der Waals surface area contributed by atoms with Crippen molar-refractivity contribution in [3.05, 3.63) is 54.5 Å². The Morgan fingerprint density at radius 2 is 1.89 bits per heavy atom. The van der Waals surface area contributed by atoms with Crippen LogP contribution in [-0.4, -0.2) is 71.5 Å². The van der Waals surface area contributed by atoms with Crippen molar-refractivity contribution in [3.8, 4) is 10.6 Å². The van der Waals surface area contributed by atoms with Crippen molar-refractivity contribution in [2.75, 3.05) is 38.0 Å². The highest BCUT2D eigenvalue weighted by atomic mass is 32.2. The SMILES string of the molecule is C[C@@H](CN1CCN(S(=O)(=O)c2ccc(-c3ccno3)s2)CC1)Nc1ncnc2c(C(F)(F)F)cccc12. The predicted octanol–water partition coefficient (Wildman–Crippen LogP) is 4.17. The molecular weight excluding hydrogens is 529 g/mol. The predicted molar refractivity (Wildman–Crippen MR) is 133 cm³/mol. The van der Waals surface area contributed by atoms with E-state index in [2.05, 4.69) is 25.3 Å². The Labute approximate surface area is 215 Å². The number of fused-ring (bicyclic) bond motifs is 1.